The largest absolute Gasteiger partial charge is 0.493 e. The number of hydrogen-bond donors (Lipinski definition) is 0. The SMILES string of the molecule is COc1cc(-n2nnnc2-c2ccccc2)cc(OC)c1OC. The van der Waals surface area contributed by atoms with Crippen molar-refractivity contribution in [3.8, 4) is 34.3 Å². The Bertz CT molecular complexity index is 777. The number of methoxy groups -OCH3 is 3. The van der Waals surface area contributed by atoms with Gasteiger partial charge < -0.3 is 14.2 Å². The number of nitrogens with zero attached hydrogens (tertiary/aromatic N) is 4. The van der Waals surface area contributed by atoms with Gasteiger partial charge in [0.2, 0.25) is 5.75 Å². The van der Waals surface area contributed by atoms with Gasteiger partial charge in [-0.15, -0.1) is 5.10 Å². The Morgan fingerprint density at radius 3 is 2.09 bits per heavy atom. The van der Waals surface area contributed by atoms with Crippen LogP contribution in [0.5, 0.6) is 17.2 Å². The van der Waals surface area contributed by atoms with Crippen molar-refractivity contribution in [1.82, 2.24) is 20.2 Å². The number of hydrogen-bond acceptors (Lipinski definition) is 6. The molecule has 0 amide bonds. The fourth-order valence-corrected chi connectivity index (χ4v) is 2.32. The van der Waals surface area contributed by atoms with Crippen molar-refractivity contribution < 1.29 is 14.2 Å². The Kier molecular flexibility index (Phi) is 4.09. The molecule has 3 rings (SSSR count). The summed E-state index contributed by atoms with van der Waals surface area (Å²) in [5.74, 6) is 2.22. The van der Waals surface area contributed by atoms with Gasteiger partial charge in [0.1, 0.15) is 0 Å². The summed E-state index contributed by atoms with van der Waals surface area (Å²) >= 11 is 0. The average molecular weight is 312 g/mol. The van der Waals surface area contributed by atoms with Gasteiger partial charge in [-0.05, 0) is 10.4 Å². The Morgan fingerprint density at radius 1 is 0.870 bits per heavy atom. The first kappa shape index (κ1) is 14.8. The third kappa shape index (κ3) is 2.68. The third-order valence-corrected chi connectivity index (χ3v) is 3.40. The molecule has 0 aliphatic rings. The minimum Gasteiger partial charge on any atom is -0.493 e. The molecule has 2 aromatic carbocycles. The summed E-state index contributed by atoms with van der Waals surface area (Å²) in [6.07, 6.45) is 0. The topological polar surface area (TPSA) is 71.3 Å². The van der Waals surface area contributed by atoms with Crippen molar-refractivity contribution in [1.29, 1.82) is 0 Å². The van der Waals surface area contributed by atoms with Gasteiger partial charge in [0.05, 0.1) is 27.0 Å². The van der Waals surface area contributed by atoms with E-state index in [-0.39, 0.29) is 0 Å². The molecule has 0 fully saturated rings. The molecule has 0 saturated heterocycles. The predicted molar refractivity (Wildman–Crippen MR) is 84.2 cm³/mol. The van der Waals surface area contributed by atoms with Crippen molar-refractivity contribution in [2.24, 2.45) is 0 Å². The van der Waals surface area contributed by atoms with Crippen LogP contribution in [0.25, 0.3) is 17.1 Å². The van der Waals surface area contributed by atoms with E-state index in [2.05, 4.69) is 15.5 Å². The van der Waals surface area contributed by atoms with Crippen LogP contribution in [0.1, 0.15) is 0 Å². The quantitative estimate of drug-likeness (QED) is 0.720. The van der Waals surface area contributed by atoms with E-state index in [1.54, 1.807) is 38.1 Å². The average Bonchev–Trinajstić information content (AvgIpc) is 3.10. The second-order valence-corrected chi connectivity index (χ2v) is 4.66. The van der Waals surface area contributed by atoms with E-state index in [1.807, 2.05) is 30.3 Å². The van der Waals surface area contributed by atoms with Crippen molar-refractivity contribution in [2.45, 2.75) is 0 Å². The highest BCUT2D eigenvalue weighted by atomic mass is 16.5. The Labute approximate surface area is 133 Å². The summed E-state index contributed by atoms with van der Waals surface area (Å²) in [5.41, 5.74) is 1.62. The van der Waals surface area contributed by atoms with Crippen LogP contribution >= 0.6 is 0 Å². The van der Waals surface area contributed by atoms with Crippen LogP contribution in [0.15, 0.2) is 42.5 Å². The molecule has 0 atom stereocenters. The molecular weight excluding hydrogens is 296 g/mol. The van der Waals surface area contributed by atoms with Crippen molar-refractivity contribution in [3.63, 3.8) is 0 Å². The van der Waals surface area contributed by atoms with E-state index >= 15 is 0 Å². The van der Waals surface area contributed by atoms with E-state index in [0.717, 1.165) is 5.56 Å². The zero-order chi connectivity index (χ0) is 16.2. The summed E-state index contributed by atoms with van der Waals surface area (Å²) in [6, 6.07) is 13.3. The standard InChI is InChI=1S/C16H16N4O3/c1-21-13-9-12(10-14(22-2)15(13)23-3)20-16(17-18-19-20)11-7-5-4-6-8-11/h4-10H,1-3H3. The van der Waals surface area contributed by atoms with Crippen LogP contribution < -0.4 is 14.2 Å². The van der Waals surface area contributed by atoms with Gasteiger partial charge in [-0.1, -0.05) is 30.3 Å². The molecule has 0 radical (unpaired) electrons. The molecule has 3 aromatic rings. The summed E-state index contributed by atoms with van der Waals surface area (Å²) in [5, 5.41) is 12.0. The molecule has 0 spiro atoms. The number of benzene rings is 2. The smallest absolute Gasteiger partial charge is 0.203 e. The first-order valence-electron chi connectivity index (χ1n) is 6.92. The van der Waals surface area contributed by atoms with E-state index in [0.29, 0.717) is 28.8 Å². The van der Waals surface area contributed by atoms with Crippen molar-refractivity contribution >= 4 is 0 Å². The second-order valence-electron chi connectivity index (χ2n) is 4.66. The van der Waals surface area contributed by atoms with Crippen LogP contribution in [0.3, 0.4) is 0 Å². The highest BCUT2D eigenvalue weighted by Crippen LogP contribution is 2.39. The lowest BCUT2D eigenvalue weighted by atomic mass is 10.2. The van der Waals surface area contributed by atoms with E-state index in [4.69, 9.17) is 14.2 Å². The Hall–Kier alpha value is -3.09. The maximum atomic E-state index is 5.38. The maximum Gasteiger partial charge on any atom is 0.203 e. The summed E-state index contributed by atoms with van der Waals surface area (Å²) < 4.78 is 17.7. The van der Waals surface area contributed by atoms with Gasteiger partial charge in [0, 0.05) is 17.7 Å². The normalized spacial score (nSPS) is 10.4. The van der Waals surface area contributed by atoms with E-state index < -0.39 is 0 Å². The molecule has 0 aliphatic carbocycles. The van der Waals surface area contributed by atoms with Crippen LogP contribution in [0.2, 0.25) is 0 Å². The number of tetrazole rings is 1. The highest BCUT2D eigenvalue weighted by molar-refractivity contribution is 5.62. The molecule has 7 heteroatoms. The fraction of sp³-hybridized carbons (Fsp3) is 0.188. The van der Waals surface area contributed by atoms with Gasteiger partial charge in [-0.25, -0.2) is 0 Å². The number of rotatable bonds is 5. The highest BCUT2D eigenvalue weighted by Gasteiger charge is 2.17. The monoisotopic (exact) mass is 312 g/mol. The molecule has 7 nitrogen and oxygen atoms in total. The lowest BCUT2D eigenvalue weighted by Crippen LogP contribution is -2.03. The van der Waals surface area contributed by atoms with Crippen molar-refractivity contribution in [2.75, 3.05) is 21.3 Å². The maximum absolute atomic E-state index is 5.38. The molecule has 23 heavy (non-hydrogen) atoms. The summed E-state index contributed by atoms with van der Waals surface area (Å²) in [6.45, 7) is 0. The first-order chi connectivity index (χ1) is 11.3. The number of ether oxygens (including phenoxy) is 3. The molecule has 1 aromatic heterocycles. The van der Waals surface area contributed by atoms with Crippen molar-refractivity contribution in [3.05, 3.63) is 42.5 Å². The van der Waals surface area contributed by atoms with Crippen LogP contribution in [0.4, 0.5) is 0 Å². The second kappa shape index (κ2) is 6.35. The predicted octanol–water partition coefficient (Wildman–Crippen LogP) is 2.36. The summed E-state index contributed by atoms with van der Waals surface area (Å²) in [4.78, 5) is 0. The minimum atomic E-state index is 0.521. The van der Waals surface area contributed by atoms with Gasteiger partial charge in [-0.3, -0.25) is 0 Å². The fourth-order valence-electron chi connectivity index (χ4n) is 2.32. The zero-order valence-corrected chi connectivity index (χ0v) is 13.1. The van der Waals surface area contributed by atoms with Gasteiger partial charge in [0.15, 0.2) is 17.3 Å². The Morgan fingerprint density at radius 2 is 1.52 bits per heavy atom. The molecular formula is C16H16N4O3. The number of aromatic nitrogens is 4. The minimum absolute atomic E-state index is 0.521. The van der Waals surface area contributed by atoms with Gasteiger partial charge in [-0.2, -0.15) is 4.68 Å². The molecule has 118 valence electrons. The van der Waals surface area contributed by atoms with Crippen LogP contribution in [0, 0.1) is 0 Å². The molecule has 0 unspecified atom stereocenters. The van der Waals surface area contributed by atoms with Crippen LogP contribution in [-0.2, 0) is 0 Å². The molecule has 0 saturated carbocycles. The molecule has 0 bridgehead atoms. The summed E-state index contributed by atoms with van der Waals surface area (Å²) in [7, 11) is 4.70. The van der Waals surface area contributed by atoms with Crippen LogP contribution in [-0.4, -0.2) is 41.5 Å². The third-order valence-electron chi connectivity index (χ3n) is 3.40. The van der Waals surface area contributed by atoms with E-state index in [1.165, 1.54) is 0 Å². The molecule has 0 aliphatic heterocycles. The lowest BCUT2D eigenvalue weighted by molar-refractivity contribution is 0.324. The lowest BCUT2D eigenvalue weighted by Gasteiger charge is -2.14. The molecule has 1 heterocycles. The zero-order valence-electron chi connectivity index (χ0n) is 13.1. The van der Waals surface area contributed by atoms with Gasteiger partial charge in [0.25, 0.3) is 0 Å². The van der Waals surface area contributed by atoms with Gasteiger partial charge >= 0.3 is 0 Å². The molecule has 0 N–H and O–H groups in total. The van der Waals surface area contributed by atoms with E-state index in [9.17, 15) is 0 Å². The first-order valence-corrected chi connectivity index (χ1v) is 6.92. The Balaban J connectivity index is 2.15.